The van der Waals surface area contributed by atoms with Crippen LogP contribution in [0.1, 0.15) is 50.5 Å². The molecule has 1 aromatic carbocycles. The second kappa shape index (κ2) is 21.4. The van der Waals surface area contributed by atoms with Crippen LogP contribution in [0.15, 0.2) is 24.3 Å². The van der Waals surface area contributed by atoms with E-state index in [9.17, 15) is 24.3 Å². The number of phenolic OH excluding ortho intramolecular Hbond substituents is 1. The summed E-state index contributed by atoms with van der Waals surface area (Å²) in [6.45, 7) is 1.83. The summed E-state index contributed by atoms with van der Waals surface area (Å²) in [5, 5.41) is 22.1. The van der Waals surface area contributed by atoms with Gasteiger partial charge in [0.15, 0.2) is 0 Å². The van der Waals surface area contributed by atoms with Gasteiger partial charge >= 0.3 is 5.97 Å². The van der Waals surface area contributed by atoms with Gasteiger partial charge in [0.25, 0.3) is 0 Å². The average Bonchev–Trinajstić information content (AvgIpc) is 3.51. The fraction of sp³-hybridized carbons (Fsp3) is 0.667. The van der Waals surface area contributed by atoms with Crippen LogP contribution in [0.25, 0.3) is 0 Å². The van der Waals surface area contributed by atoms with Crippen molar-refractivity contribution in [1.29, 1.82) is 0 Å². The number of hydrogen-bond acceptors (Lipinski definition) is 11. The first-order chi connectivity index (χ1) is 21.5. The number of aliphatic carboxylic acids is 1. The molecule has 0 aliphatic carbocycles. The molecular formula is C30H48N4O11. The Balaban J connectivity index is 1.89. The summed E-state index contributed by atoms with van der Waals surface area (Å²) >= 11 is 0. The molecule has 2 rings (SSSR count). The summed E-state index contributed by atoms with van der Waals surface area (Å²) in [6, 6.07) is 6.72. The van der Waals surface area contributed by atoms with E-state index in [0.29, 0.717) is 19.4 Å². The van der Waals surface area contributed by atoms with E-state index in [1.54, 1.807) is 12.1 Å². The number of ether oxygens (including phenoxy) is 5. The highest BCUT2D eigenvalue weighted by molar-refractivity contribution is 5.85. The van der Waals surface area contributed by atoms with Gasteiger partial charge in [-0.05, 0) is 49.9 Å². The number of carbonyl (C=O) groups excluding carboxylic acids is 3. The number of phenols is 1. The van der Waals surface area contributed by atoms with Gasteiger partial charge in [0.1, 0.15) is 11.9 Å². The van der Waals surface area contributed by atoms with Crippen molar-refractivity contribution in [3.8, 4) is 5.75 Å². The molecule has 9 N–H and O–H groups in total. The van der Waals surface area contributed by atoms with Crippen molar-refractivity contribution < 1.29 is 53.1 Å². The van der Waals surface area contributed by atoms with Crippen LogP contribution < -0.4 is 22.5 Å². The first kappa shape index (κ1) is 37.8. The quantitative estimate of drug-likeness (QED) is 0.0717. The van der Waals surface area contributed by atoms with Crippen LogP contribution in [0.5, 0.6) is 5.75 Å². The number of carboxylic acids is 1. The predicted molar refractivity (Wildman–Crippen MR) is 161 cm³/mol. The molecule has 0 aromatic heterocycles. The van der Waals surface area contributed by atoms with Crippen LogP contribution in [-0.2, 0) is 49.3 Å². The van der Waals surface area contributed by atoms with E-state index < -0.39 is 48.1 Å². The standard InChI is InChI=1S/C30H48N4O11/c31-27(36)9-7-23(44-18-24(8-10-29(38)39)43-16-21-2-1-11-34-21)17-41-12-13-42-25(14-20-3-5-22(35)6-4-20)19-45-26(30(33)40)15-28(32)37/h3-6,21,23-26,34-35H,1-2,7-19H2,(H2,31,36)(H2,32,37)(H2,33,40)(H,38,39)/t21?,23?,24-,25?,26-/m0/s1. The van der Waals surface area contributed by atoms with E-state index in [0.717, 1.165) is 24.9 Å². The number of carbonyl (C=O) groups is 4. The van der Waals surface area contributed by atoms with E-state index in [-0.39, 0.29) is 70.5 Å². The number of primary amides is 3. The number of benzene rings is 1. The van der Waals surface area contributed by atoms with Crippen molar-refractivity contribution in [2.45, 2.75) is 81.8 Å². The lowest BCUT2D eigenvalue weighted by Crippen LogP contribution is -2.38. The summed E-state index contributed by atoms with van der Waals surface area (Å²) in [7, 11) is 0. The third-order valence-corrected chi connectivity index (χ3v) is 7.08. The van der Waals surface area contributed by atoms with Crippen LogP contribution in [0, 0.1) is 0 Å². The molecule has 0 spiro atoms. The second-order valence-electron chi connectivity index (χ2n) is 11.0. The number of nitrogens with one attached hydrogen (secondary N) is 1. The SMILES string of the molecule is NC(=O)CCC(COCCOC(CO[C@@H](CC(N)=O)C(N)=O)Cc1ccc(O)cc1)OC[C@H](CCC(=O)O)OCC1CCCN1. The zero-order chi connectivity index (χ0) is 33.0. The molecule has 45 heavy (non-hydrogen) atoms. The van der Waals surface area contributed by atoms with Crippen LogP contribution >= 0.6 is 0 Å². The molecule has 0 saturated carbocycles. The minimum atomic E-state index is -1.20. The summed E-state index contributed by atoms with van der Waals surface area (Å²) in [4.78, 5) is 45.5. The zero-order valence-electron chi connectivity index (χ0n) is 25.6. The second-order valence-corrected chi connectivity index (χ2v) is 11.0. The van der Waals surface area contributed by atoms with Gasteiger partial charge in [-0.15, -0.1) is 0 Å². The van der Waals surface area contributed by atoms with Crippen LogP contribution in [0.2, 0.25) is 0 Å². The maximum Gasteiger partial charge on any atom is 0.303 e. The van der Waals surface area contributed by atoms with Gasteiger partial charge < -0.3 is 56.4 Å². The monoisotopic (exact) mass is 640 g/mol. The minimum Gasteiger partial charge on any atom is -0.508 e. The van der Waals surface area contributed by atoms with E-state index >= 15 is 0 Å². The number of nitrogens with two attached hydrogens (primary N) is 3. The summed E-state index contributed by atoms with van der Waals surface area (Å²) in [5.74, 6) is -2.87. The normalized spacial score (nSPS) is 17.4. The molecule has 1 saturated heterocycles. The molecule has 1 fully saturated rings. The number of rotatable bonds is 26. The topological polar surface area (TPSA) is 245 Å². The lowest BCUT2D eigenvalue weighted by molar-refractivity contribution is -0.139. The van der Waals surface area contributed by atoms with Gasteiger partial charge in [0.05, 0.1) is 64.4 Å². The van der Waals surface area contributed by atoms with Crippen molar-refractivity contribution in [3.05, 3.63) is 29.8 Å². The number of carboxylic acid groups (broad SMARTS) is 1. The number of hydrogen-bond donors (Lipinski definition) is 6. The number of aromatic hydroxyl groups is 1. The Morgan fingerprint density at radius 2 is 1.53 bits per heavy atom. The molecule has 1 heterocycles. The van der Waals surface area contributed by atoms with Gasteiger partial charge in [0, 0.05) is 25.3 Å². The molecule has 1 aliphatic rings. The van der Waals surface area contributed by atoms with Gasteiger partial charge in [-0.1, -0.05) is 12.1 Å². The molecule has 0 bridgehead atoms. The van der Waals surface area contributed by atoms with Crippen molar-refractivity contribution in [2.24, 2.45) is 17.2 Å². The van der Waals surface area contributed by atoms with E-state index in [2.05, 4.69) is 5.32 Å². The molecule has 254 valence electrons. The molecule has 0 radical (unpaired) electrons. The lowest BCUT2D eigenvalue weighted by Gasteiger charge is -2.24. The molecule has 3 unspecified atom stereocenters. The summed E-state index contributed by atoms with van der Waals surface area (Å²) in [5.41, 5.74) is 16.7. The Hall–Kier alpha value is -3.34. The van der Waals surface area contributed by atoms with Gasteiger partial charge in [-0.3, -0.25) is 19.2 Å². The lowest BCUT2D eigenvalue weighted by atomic mass is 10.1. The molecule has 1 aromatic rings. The molecule has 1 aliphatic heterocycles. The summed E-state index contributed by atoms with van der Waals surface area (Å²) in [6.07, 6.45) is -0.0590. The fourth-order valence-electron chi connectivity index (χ4n) is 4.61. The molecular weight excluding hydrogens is 592 g/mol. The van der Waals surface area contributed by atoms with Crippen molar-refractivity contribution >= 4 is 23.7 Å². The van der Waals surface area contributed by atoms with Gasteiger partial charge in [0.2, 0.25) is 17.7 Å². The van der Waals surface area contributed by atoms with Crippen molar-refractivity contribution in [1.82, 2.24) is 5.32 Å². The largest absolute Gasteiger partial charge is 0.508 e. The summed E-state index contributed by atoms with van der Waals surface area (Å²) < 4.78 is 29.3. The Kier molecular flexibility index (Phi) is 18.0. The Morgan fingerprint density at radius 3 is 2.16 bits per heavy atom. The van der Waals surface area contributed by atoms with Crippen molar-refractivity contribution in [2.75, 3.05) is 46.2 Å². The average molecular weight is 641 g/mol. The first-order valence-electron chi connectivity index (χ1n) is 15.1. The predicted octanol–water partition coefficient (Wildman–Crippen LogP) is -0.265. The van der Waals surface area contributed by atoms with Crippen LogP contribution in [0.4, 0.5) is 0 Å². The highest BCUT2D eigenvalue weighted by atomic mass is 16.6. The Bertz CT molecular complexity index is 1040. The molecule has 15 heteroatoms. The highest BCUT2D eigenvalue weighted by Gasteiger charge is 2.23. The van der Waals surface area contributed by atoms with Crippen LogP contribution in [0.3, 0.4) is 0 Å². The maximum absolute atomic E-state index is 11.7. The zero-order valence-corrected chi connectivity index (χ0v) is 25.6. The van der Waals surface area contributed by atoms with Crippen LogP contribution in [-0.4, -0.2) is 111 Å². The molecule has 15 nitrogen and oxygen atoms in total. The smallest absolute Gasteiger partial charge is 0.303 e. The minimum absolute atomic E-state index is 0.0658. The number of amides is 3. The van der Waals surface area contributed by atoms with Crippen molar-refractivity contribution in [3.63, 3.8) is 0 Å². The van der Waals surface area contributed by atoms with E-state index in [4.69, 9.17) is 46.0 Å². The Morgan fingerprint density at radius 1 is 0.844 bits per heavy atom. The van der Waals surface area contributed by atoms with Gasteiger partial charge in [-0.25, -0.2) is 0 Å². The third-order valence-electron chi connectivity index (χ3n) is 7.08. The molecule has 5 atom stereocenters. The molecule has 3 amide bonds. The van der Waals surface area contributed by atoms with E-state index in [1.807, 2.05) is 0 Å². The third kappa shape index (κ3) is 17.7. The van der Waals surface area contributed by atoms with E-state index in [1.165, 1.54) is 12.1 Å². The fourth-order valence-corrected chi connectivity index (χ4v) is 4.61. The first-order valence-corrected chi connectivity index (χ1v) is 15.1. The van der Waals surface area contributed by atoms with Gasteiger partial charge in [-0.2, -0.15) is 0 Å². The maximum atomic E-state index is 11.7. The Labute approximate surface area is 263 Å². The highest BCUT2D eigenvalue weighted by Crippen LogP contribution is 2.15.